The van der Waals surface area contributed by atoms with Crippen molar-refractivity contribution in [3.63, 3.8) is 0 Å². The van der Waals surface area contributed by atoms with E-state index in [2.05, 4.69) is 11.9 Å². The number of hydrogen-bond donors (Lipinski definition) is 1. The third kappa shape index (κ3) is 3.53. The molecule has 0 saturated carbocycles. The van der Waals surface area contributed by atoms with Crippen LogP contribution < -0.4 is 5.32 Å². The monoisotopic (exact) mass is 392 g/mol. The fraction of sp³-hybridized carbons (Fsp3) is 0.364. The molecule has 1 N–H and O–H groups in total. The van der Waals surface area contributed by atoms with Gasteiger partial charge in [0.2, 0.25) is 0 Å². The predicted molar refractivity (Wildman–Crippen MR) is 105 cm³/mol. The molecule has 2 nitrogen and oxygen atoms in total. The first-order valence-corrected chi connectivity index (χ1v) is 9.23. The number of aryl methyl sites for hydroxylation is 1. The van der Waals surface area contributed by atoms with Gasteiger partial charge >= 0.3 is 0 Å². The van der Waals surface area contributed by atoms with Crippen LogP contribution in [0.4, 0.5) is 23.2 Å². The van der Waals surface area contributed by atoms with E-state index >= 15 is 0 Å². The lowest BCUT2D eigenvalue weighted by Crippen LogP contribution is -2.45. The van der Waals surface area contributed by atoms with Crippen LogP contribution in [0.1, 0.15) is 40.8 Å². The first-order chi connectivity index (χ1) is 13.3. The van der Waals surface area contributed by atoms with E-state index in [0.717, 1.165) is 16.8 Å². The van der Waals surface area contributed by atoms with E-state index in [1.165, 1.54) is 17.0 Å². The molecule has 0 aliphatic carbocycles. The lowest BCUT2D eigenvalue weighted by molar-refractivity contribution is 0.0445. The Morgan fingerprint density at radius 3 is 2.43 bits per heavy atom. The fourth-order valence-corrected chi connectivity index (χ4v) is 4.20. The van der Waals surface area contributed by atoms with E-state index in [1.54, 1.807) is 39.1 Å². The average molecular weight is 392 g/mol. The highest BCUT2D eigenvalue weighted by Gasteiger charge is 2.38. The number of rotatable bonds is 5. The number of halogens is 4. The molecule has 28 heavy (non-hydrogen) atoms. The minimum Gasteiger partial charge on any atom is -0.388 e. The van der Waals surface area contributed by atoms with Gasteiger partial charge in [-0.25, -0.2) is 17.6 Å². The molecule has 1 aliphatic heterocycles. The molecule has 0 spiro atoms. The van der Waals surface area contributed by atoms with Crippen LogP contribution in [-0.4, -0.2) is 31.0 Å². The zero-order chi connectivity index (χ0) is 20.6. The quantitative estimate of drug-likeness (QED) is 0.671. The summed E-state index contributed by atoms with van der Waals surface area (Å²) in [5, 5.41) is 3.09. The molecule has 0 aromatic heterocycles. The molecule has 2 aromatic carbocycles. The third-order valence-electron chi connectivity index (χ3n) is 5.40. The Bertz CT molecular complexity index is 871. The van der Waals surface area contributed by atoms with Crippen LogP contribution in [0.5, 0.6) is 0 Å². The van der Waals surface area contributed by atoms with Crippen molar-refractivity contribution in [2.75, 3.05) is 18.9 Å². The van der Waals surface area contributed by atoms with Crippen molar-refractivity contribution in [2.24, 2.45) is 0 Å². The summed E-state index contributed by atoms with van der Waals surface area (Å²) in [6.45, 7) is 6.71. The summed E-state index contributed by atoms with van der Waals surface area (Å²) in [5.41, 5.74) is 3.44. The lowest BCUT2D eigenvalue weighted by atomic mass is 9.81. The van der Waals surface area contributed by atoms with Gasteiger partial charge in [0, 0.05) is 29.9 Å². The maximum absolute atomic E-state index is 14.9. The molecule has 1 aliphatic rings. The molecule has 0 amide bonds. The molecule has 1 heterocycles. The zero-order valence-electron chi connectivity index (χ0n) is 16.2. The molecule has 1 unspecified atom stereocenters. The molecule has 0 fully saturated rings. The molecule has 0 bridgehead atoms. The molecule has 0 radical (unpaired) electrons. The molecular formula is C22H24F4N2. The summed E-state index contributed by atoms with van der Waals surface area (Å²) in [7, 11) is 1.78. The summed E-state index contributed by atoms with van der Waals surface area (Å²) in [6.07, 6.45) is -0.428. The van der Waals surface area contributed by atoms with Gasteiger partial charge in [0.15, 0.2) is 0 Å². The van der Waals surface area contributed by atoms with Gasteiger partial charge in [0.05, 0.1) is 12.6 Å². The standard InChI is InChI=1S/C22H24F4N2/c1-5-14-16-10-13(3)28(11-20(25)26)22(15(16)6-7-19(14)27-4)21-17(23)8-12(2)9-18(21)24/h5-9,13,20,22,27H,1,10-11H2,2-4H3/t13-,22?/m1/s1. The van der Waals surface area contributed by atoms with Crippen molar-refractivity contribution < 1.29 is 17.6 Å². The SMILES string of the molecule is C=Cc1c(NC)ccc2c1C[C@@H](C)N(CC(F)F)C2c1c(F)cc(C)cc1F. The van der Waals surface area contributed by atoms with Gasteiger partial charge in [-0.3, -0.25) is 4.90 Å². The average Bonchev–Trinajstić information content (AvgIpc) is 2.61. The number of nitrogens with zero attached hydrogens (tertiary/aromatic N) is 1. The highest BCUT2D eigenvalue weighted by Crippen LogP contribution is 2.43. The Labute approximate surface area is 162 Å². The van der Waals surface area contributed by atoms with Crippen LogP contribution in [0.2, 0.25) is 0 Å². The van der Waals surface area contributed by atoms with E-state index in [-0.39, 0.29) is 11.6 Å². The Morgan fingerprint density at radius 1 is 1.25 bits per heavy atom. The Kier molecular flexibility index (Phi) is 5.79. The molecule has 2 atom stereocenters. The molecule has 2 aromatic rings. The van der Waals surface area contributed by atoms with Gasteiger partial charge in [0.25, 0.3) is 6.43 Å². The van der Waals surface area contributed by atoms with Gasteiger partial charge < -0.3 is 5.32 Å². The van der Waals surface area contributed by atoms with E-state index < -0.39 is 30.6 Å². The van der Waals surface area contributed by atoms with Gasteiger partial charge in [0.1, 0.15) is 11.6 Å². The second-order valence-electron chi connectivity index (χ2n) is 7.23. The predicted octanol–water partition coefficient (Wildman–Crippen LogP) is 5.56. The van der Waals surface area contributed by atoms with Crippen LogP contribution in [0.3, 0.4) is 0 Å². The first kappa shape index (κ1) is 20.4. The maximum atomic E-state index is 14.9. The van der Waals surface area contributed by atoms with Gasteiger partial charge in [-0.2, -0.15) is 0 Å². The molecule has 150 valence electrons. The van der Waals surface area contributed by atoms with Gasteiger partial charge in [-0.05, 0) is 55.2 Å². The van der Waals surface area contributed by atoms with Crippen molar-refractivity contribution in [3.8, 4) is 0 Å². The van der Waals surface area contributed by atoms with Crippen molar-refractivity contribution in [1.29, 1.82) is 0 Å². The second-order valence-corrected chi connectivity index (χ2v) is 7.23. The number of anilines is 1. The minimum atomic E-state index is -2.61. The van der Waals surface area contributed by atoms with Gasteiger partial charge in [-0.15, -0.1) is 0 Å². The summed E-state index contributed by atoms with van der Waals surface area (Å²) in [5.74, 6) is -1.45. The Morgan fingerprint density at radius 2 is 1.89 bits per heavy atom. The molecule has 6 heteroatoms. The number of benzene rings is 2. The number of fused-ring (bicyclic) bond motifs is 1. The summed E-state index contributed by atoms with van der Waals surface area (Å²) >= 11 is 0. The minimum absolute atomic E-state index is 0.189. The third-order valence-corrected chi connectivity index (χ3v) is 5.40. The van der Waals surface area contributed by atoms with Crippen LogP contribution in [0.25, 0.3) is 6.08 Å². The normalized spacial score (nSPS) is 19.6. The summed E-state index contributed by atoms with van der Waals surface area (Å²) in [6, 6.07) is 4.80. The van der Waals surface area contributed by atoms with E-state index in [1.807, 2.05) is 0 Å². The van der Waals surface area contributed by atoms with Crippen molar-refractivity contribution in [1.82, 2.24) is 4.90 Å². The largest absolute Gasteiger partial charge is 0.388 e. The number of nitrogens with one attached hydrogen (secondary N) is 1. The lowest BCUT2D eigenvalue weighted by Gasteiger charge is -2.43. The Balaban J connectivity index is 2.29. The maximum Gasteiger partial charge on any atom is 0.251 e. The summed E-state index contributed by atoms with van der Waals surface area (Å²) in [4.78, 5) is 1.50. The van der Waals surface area contributed by atoms with Crippen LogP contribution >= 0.6 is 0 Å². The molecular weight excluding hydrogens is 368 g/mol. The summed E-state index contributed by atoms with van der Waals surface area (Å²) < 4.78 is 56.4. The van der Waals surface area contributed by atoms with E-state index in [9.17, 15) is 17.6 Å². The fourth-order valence-electron chi connectivity index (χ4n) is 4.20. The van der Waals surface area contributed by atoms with Crippen molar-refractivity contribution in [2.45, 2.75) is 38.8 Å². The highest BCUT2D eigenvalue weighted by molar-refractivity contribution is 5.71. The zero-order valence-corrected chi connectivity index (χ0v) is 16.2. The number of hydrogen-bond acceptors (Lipinski definition) is 2. The van der Waals surface area contributed by atoms with Crippen LogP contribution in [0, 0.1) is 18.6 Å². The van der Waals surface area contributed by atoms with E-state index in [4.69, 9.17) is 0 Å². The highest BCUT2D eigenvalue weighted by atomic mass is 19.3. The smallest absolute Gasteiger partial charge is 0.251 e. The van der Waals surface area contributed by atoms with E-state index in [0.29, 0.717) is 17.5 Å². The second kappa shape index (κ2) is 7.95. The Hall–Kier alpha value is -2.34. The van der Waals surface area contributed by atoms with Crippen molar-refractivity contribution >= 4 is 11.8 Å². The topological polar surface area (TPSA) is 15.3 Å². The van der Waals surface area contributed by atoms with Crippen molar-refractivity contribution in [3.05, 3.63) is 70.3 Å². The molecule has 3 rings (SSSR count). The molecule has 0 saturated heterocycles. The van der Waals surface area contributed by atoms with Crippen LogP contribution in [-0.2, 0) is 6.42 Å². The van der Waals surface area contributed by atoms with Crippen LogP contribution in [0.15, 0.2) is 30.8 Å². The number of alkyl halides is 2. The van der Waals surface area contributed by atoms with Gasteiger partial charge in [-0.1, -0.05) is 18.7 Å². The first-order valence-electron chi connectivity index (χ1n) is 9.23.